The van der Waals surface area contributed by atoms with Crippen LogP contribution in [0.1, 0.15) is 44.9 Å². The molecule has 3 N–H and O–H groups in total. The zero-order valence-electron chi connectivity index (χ0n) is 15.9. The van der Waals surface area contributed by atoms with E-state index < -0.39 is 0 Å². The standard InChI is InChI=1S/C21H29N3O3/c1-27-18-8-7-16(12-17(18)24-9-3-6-19(24)25)23-21(26)15-10-13-4-2-5-14(11-15)20(13)22/h7-8,12-15,20H,2-6,9-11,22H2,1H3,(H,23,26). The van der Waals surface area contributed by atoms with Gasteiger partial charge in [-0.1, -0.05) is 6.42 Å². The van der Waals surface area contributed by atoms with Crippen LogP contribution in [0.4, 0.5) is 11.4 Å². The van der Waals surface area contributed by atoms with Crippen molar-refractivity contribution in [2.75, 3.05) is 23.9 Å². The summed E-state index contributed by atoms with van der Waals surface area (Å²) in [4.78, 5) is 26.8. The Hall–Kier alpha value is -2.08. The number of hydrogen-bond donors (Lipinski definition) is 2. The zero-order valence-corrected chi connectivity index (χ0v) is 15.9. The molecule has 2 aliphatic carbocycles. The van der Waals surface area contributed by atoms with Crippen LogP contribution in [0, 0.1) is 17.8 Å². The number of benzene rings is 1. The van der Waals surface area contributed by atoms with Gasteiger partial charge in [0, 0.05) is 30.6 Å². The van der Waals surface area contributed by atoms with Crippen molar-refractivity contribution in [1.29, 1.82) is 0 Å². The van der Waals surface area contributed by atoms with E-state index in [0.717, 1.165) is 43.5 Å². The molecule has 2 amide bonds. The summed E-state index contributed by atoms with van der Waals surface area (Å²) in [5, 5.41) is 3.07. The molecule has 0 aromatic heterocycles. The molecule has 6 heteroatoms. The lowest BCUT2D eigenvalue weighted by molar-refractivity contribution is -0.122. The van der Waals surface area contributed by atoms with Gasteiger partial charge in [-0.05, 0) is 62.1 Å². The Bertz CT molecular complexity index is 721. The minimum absolute atomic E-state index is 0.0269. The molecule has 0 spiro atoms. The van der Waals surface area contributed by atoms with Crippen LogP contribution in [0.15, 0.2) is 18.2 Å². The molecule has 1 saturated heterocycles. The summed E-state index contributed by atoms with van der Waals surface area (Å²) in [6, 6.07) is 5.78. The van der Waals surface area contributed by atoms with Crippen LogP contribution in [0.3, 0.4) is 0 Å². The monoisotopic (exact) mass is 371 g/mol. The maximum atomic E-state index is 12.9. The number of ether oxygens (including phenoxy) is 1. The summed E-state index contributed by atoms with van der Waals surface area (Å²) in [6.07, 6.45) is 6.71. The van der Waals surface area contributed by atoms with Crippen molar-refractivity contribution < 1.29 is 14.3 Å². The predicted octanol–water partition coefficient (Wildman–Crippen LogP) is 2.91. The number of nitrogens with two attached hydrogens (primary N) is 1. The van der Waals surface area contributed by atoms with E-state index >= 15 is 0 Å². The van der Waals surface area contributed by atoms with Gasteiger partial charge in [0.25, 0.3) is 0 Å². The highest BCUT2D eigenvalue weighted by Crippen LogP contribution is 2.42. The van der Waals surface area contributed by atoms with E-state index in [0.29, 0.717) is 30.6 Å². The number of methoxy groups -OCH3 is 1. The number of hydrogen-bond acceptors (Lipinski definition) is 4. The molecule has 146 valence electrons. The number of rotatable bonds is 4. The molecular weight excluding hydrogens is 342 g/mol. The first-order valence-electron chi connectivity index (χ1n) is 10.1. The largest absolute Gasteiger partial charge is 0.495 e. The second kappa shape index (κ2) is 7.50. The summed E-state index contributed by atoms with van der Waals surface area (Å²) in [6.45, 7) is 0.691. The number of fused-ring (bicyclic) bond motifs is 2. The minimum atomic E-state index is 0.0269. The van der Waals surface area contributed by atoms with Crippen LogP contribution in [-0.4, -0.2) is 31.5 Å². The third-order valence-electron chi connectivity index (χ3n) is 6.59. The van der Waals surface area contributed by atoms with Crippen molar-refractivity contribution in [2.24, 2.45) is 23.5 Å². The van der Waals surface area contributed by atoms with Crippen LogP contribution < -0.4 is 20.7 Å². The van der Waals surface area contributed by atoms with Gasteiger partial charge in [0.2, 0.25) is 11.8 Å². The Morgan fingerprint density at radius 3 is 2.59 bits per heavy atom. The van der Waals surface area contributed by atoms with Crippen LogP contribution in [0.2, 0.25) is 0 Å². The number of nitrogens with one attached hydrogen (secondary N) is 1. The molecule has 3 aliphatic rings. The molecule has 6 nitrogen and oxygen atoms in total. The van der Waals surface area contributed by atoms with Crippen molar-refractivity contribution in [1.82, 2.24) is 0 Å². The lowest BCUT2D eigenvalue weighted by atomic mass is 9.65. The maximum Gasteiger partial charge on any atom is 0.227 e. The smallest absolute Gasteiger partial charge is 0.227 e. The normalized spacial score (nSPS) is 30.3. The van der Waals surface area contributed by atoms with Gasteiger partial charge in [-0.3, -0.25) is 9.59 Å². The molecule has 2 saturated carbocycles. The fourth-order valence-electron chi connectivity index (χ4n) is 5.13. The summed E-state index contributed by atoms with van der Waals surface area (Å²) >= 11 is 0. The Morgan fingerprint density at radius 1 is 1.22 bits per heavy atom. The van der Waals surface area contributed by atoms with Crippen molar-refractivity contribution in [3.05, 3.63) is 18.2 Å². The SMILES string of the molecule is COc1ccc(NC(=O)C2CC3CCCC(C2)C3N)cc1N1CCCC1=O. The molecular formula is C21H29N3O3. The van der Waals surface area contributed by atoms with Crippen molar-refractivity contribution >= 4 is 23.2 Å². The van der Waals surface area contributed by atoms with Gasteiger partial charge in [0.1, 0.15) is 5.75 Å². The van der Waals surface area contributed by atoms with E-state index in [-0.39, 0.29) is 23.8 Å². The summed E-state index contributed by atoms with van der Waals surface area (Å²) in [7, 11) is 1.60. The molecule has 27 heavy (non-hydrogen) atoms. The Labute approximate surface area is 160 Å². The highest BCUT2D eigenvalue weighted by molar-refractivity contribution is 5.99. The first-order chi connectivity index (χ1) is 13.1. The second-order valence-corrected chi connectivity index (χ2v) is 8.22. The molecule has 4 rings (SSSR count). The lowest BCUT2D eigenvalue weighted by Crippen LogP contribution is -2.48. The van der Waals surface area contributed by atoms with E-state index in [9.17, 15) is 9.59 Å². The van der Waals surface area contributed by atoms with E-state index in [4.69, 9.17) is 10.5 Å². The fourth-order valence-corrected chi connectivity index (χ4v) is 5.13. The number of amides is 2. The average molecular weight is 371 g/mol. The van der Waals surface area contributed by atoms with E-state index in [2.05, 4.69) is 5.32 Å². The minimum Gasteiger partial charge on any atom is -0.495 e. The van der Waals surface area contributed by atoms with E-state index in [1.54, 1.807) is 12.0 Å². The van der Waals surface area contributed by atoms with Crippen molar-refractivity contribution in [3.8, 4) is 5.75 Å². The second-order valence-electron chi connectivity index (χ2n) is 8.22. The zero-order chi connectivity index (χ0) is 19.0. The van der Waals surface area contributed by atoms with Crippen LogP contribution in [0.25, 0.3) is 0 Å². The molecule has 2 atom stereocenters. The van der Waals surface area contributed by atoms with Crippen LogP contribution in [0.5, 0.6) is 5.75 Å². The molecule has 2 bridgehead atoms. The highest BCUT2D eigenvalue weighted by atomic mass is 16.5. The average Bonchev–Trinajstić information content (AvgIpc) is 3.07. The number of carbonyl (C=O) groups is 2. The molecule has 3 fully saturated rings. The molecule has 1 aliphatic heterocycles. The van der Waals surface area contributed by atoms with Gasteiger partial charge < -0.3 is 20.7 Å². The number of carbonyl (C=O) groups excluding carboxylic acids is 2. The highest BCUT2D eigenvalue weighted by Gasteiger charge is 2.40. The third kappa shape index (κ3) is 3.55. The van der Waals surface area contributed by atoms with Crippen molar-refractivity contribution in [2.45, 2.75) is 51.0 Å². The predicted molar refractivity (Wildman–Crippen MR) is 105 cm³/mol. The fraction of sp³-hybridized carbons (Fsp3) is 0.619. The molecule has 1 aromatic carbocycles. The lowest BCUT2D eigenvalue weighted by Gasteiger charge is -2.43. The van der Waals surface area contributed by atoms with Crippen LogP contribution in [-0.2, 0) is 9.59 Å². The van der Waals surface area contributed by atoms with E-state index in [1.165, 1.54) is 6.42 Å². The first kappa shape index (κ1) is 18.3. The molecule has 1 heterocycles. The Kier molecular flexibility index (Phi) is 5.08. The Morgan fingerprint density at radius 2 is 1.96 bits per heavy atom. The summed E-state index contributed by atoms with van der Waals surface area (Å²) in [5.74, 6) is 1.80. The van der Waals surface area contributed by atoms with Crippen LogP contribution >= 0.6 is 0 Å². The maximum absolute atomic E-state index is 12.9. The van der Waals surface area contributed by atoms with Gasteiger partial charge >= 0.3 is 0 Å². The van der Waals surface area contributed by atoms with Gasteiger partial charge in [-0.25, -0.2) is 0 Å². The van der Waals surface area contributed by atoms with Gasteiger partial charge in [-0.2, -0.15) is 0 Å². The molecule has 1 aromatic rings. The van der Waals surface area contributed by atoms with Gasteiger partial charge in [-0.15, -0.1) is 0 Å². The van der Waals surface area contributed by atoms with Gasteiger partial charge in [0.05, 0.1) is 12.8 Å². The topological polar surface area (TPSA) is 84.7 Å². The Balaban J connectivity index is 1.49. The van der Waals surface area contributed by atoms with Gasteiger partial charge in [0.15, 0.2) is 0 Å². The number of nitrogens with zero attached hydrogens (tertiary/aromatic N) is 1. The quantitative estimate of drug-likeness (QED) is 0.852. The summed E-state index contributed by atoms with van der Waals surface area (Å²) in [5.41, 5.74) is 7.81. The van der Waals surface area contributed by atoms with Crippen molar-refractivity contribution in [3.63, 3.8) is 0 Å². The number of anilines is 2. The third-order valence-corrected chi connectivity index (χ3v) is 6.59. The first-order valence-corrected chi connectivity index (χ1v) is 10.1. The summed E-state index contributed by atoms with van der Waals surface area (Å²) < 4.78 is 5.42. The molecule has 0 radical (unpaired) electrons. The molecule has 2 unspecified atom stereocenters. The van der Waals surface area contributed by atoms with E-state index in [1.807, 2.05) is 18.2 Å².